The third-order valence-corrected chi connectivity index (χ3v) is 6.34. The summed E-state index contributed by atoms with van der Waals surface area (Å²) in [5.41, 5.74) is -0.279. The van der Waals surface area contributed by atoms with Crippen LogP contribution >= 0.6 is 0 Å². The van der Waals surface area contributed by atoms with E-state index < -0.39 is 17.5 Å². The predicted octanol–water partition coefficient (Wildman–Crippen LogP) is 1.67. The highest BCUT2D eigenvalue weighted by Gasteiger charge is 2.50. The first-order valence-corrected chi connectivity index (χ1v) is 10.7. The number of hydrogen-bond donors (Lipinski definition) is 1. The van der Waals surface area contributed by atoms with E-state index in [0.717, 1.165) is 4.90 Å². The number of piperazine rings is 1. The maximum Gasteiger partial charge on any atom is 0.325 e. The first kappa shape index (κ1) is 21.0. The Labute approximate surface area is 189 Å². The molecule has 2 fully saturated rings. The molecular weight excluding hydrogens is 431 g/mol. The fourth-order valence-electron chi connectivity index (χ4n) is 4.38. The number of anilines is 1. The number of amides is 4. The van der Waals surface area contributed by atoms with Gasteiger partial charge in [-0.25, -0.2) is 9.18 Å². The fraction of sp³-hybridized carbons (Fsp3) is 0.348. The van der Waals surface area contributed by atoms with Crippen LogP contribution in [0.4, 0.5) is 14.9 Å². The molecule has 2 saturated heterocycles. The number of urea groups is 1. The molecule has 0 aromatic heterocycles. The van der Waals surface area contributed by atoms with Crippen LogP contribution in [0.25, 0.3) is 0 Å². The average Bonchev–Trinajstić information content (AvgIpc) is 3.38. The van der Waals surface area contributed by atoms with E-state index in [4.69, 9.17) is 9.47 Å². The number of nitrogens with one attached hydrogen (secondary N) is 1. The van der Waals surface area contributed by atoms with Gasteiger partial charge in [-0.2, -0.15) is 0 Å². The lowest BCUT2D eigenvalue weighted by atomic mass is 9.91. The lowest BCUT2D eigenvalue weighted by molar-refractivity contribution is -0.139. The zero-order valence-electron chi connectivity index (χ0n) is 18.0. The van der Waals surface area contributed by atoms with Crippen molar-refractivity contribution in [1.82, 2.24) is 15.1 Å². The quantitative estimate of drug-likeness (QED) is 0.707. The summed E-state index contributed by atoms with van der Waals surface area (Å²) in [5, 5.41) is 2.70. The Hall–Kier alpha value is -3.82. The van der Waals surface area contributed by atoms with Gasteiger partial charge >= 0.3 is 6.03 Å². The van der Waals surface area contributed by atoms with Crippen molar-refractivity contribution in [2.45, 2.75) is 12.5 Å². The maximum atomic E-state index is 14.0. The molecule has 3 aliphatic heterocycles. The molecule has 9 nitrogen and oxygen atoms in total. The first-order valence-electron chi connectivity index (χ1n) is 10.7. The minimum atomic E-state index is -1.32. The lowest BCUT2D eigenvalue weighted by Crippen LogP contribution is -2.52. The fourth-order valence-corrected chi connectivity index (χ4v) is 4.38. The van der Waals surface area contributed by atoms with Crippen molar-refractivity contribution in [2.24, 2.45) is 0 Å². The van der Waals surface area contributed by atoms with Gasteiger partial charge in [-0.15, -0.1) is 0 Å². The zero-order chi connectivity index (χ0) is 23.2. The van der Waals surface area contributed by atoms with Crippen LogP contribution in [0.2, 0.25) is 0 Å². The summed E-state index contributed by atoms with van der Waals surface area (Å²) in [6, 6.07) is 10.9. The summed E-state index contributed by atoms with van der Waals surface area (Å²) in [4.78, 5) is 43.1. The van der Waals surface area contributed by atoms with Gasteiger partial charge in [0.25, 0.3) is 5.91 Å². The van der Waals surface area contributed by atoms with Crippen LogP contribution in [0.15, 0.2) is 42.5 Å². The minimum absolute atomic E-state index is 0.0978. The molecule has 2 aromatic carbocycles. The van der Waals surface area contributed by atoms with Crippen molar-refractivity contribution in [1.29, 1.82) is 0 Å². The number of rotatable bonds is 4. The first-order chi connectivity index (χ1) is 15.9. The molecule has 0 radical (unpaired) electrons. The van der Waals surface area contributed by atoms with E-state index >= 15 is 0 Å². The smallest absolute Gasteiger partial charge is 0.325 e. The maximum absolute atomic E-state index is 14.0. The van der Waals surface area contributed by atoms with E-state index in [1.807, 2.05) is 4.90 Å². The average molecular weight is 454 g/mol. The molecule has 1 N–H and O–H groups in total. The van der Waals surface area contributed by atoms with Crippen LogP contribution in [-0.4, -0.2) is 67.2 Å². The van der Waals surface area contributed by atoms with Crippen molar-refractivity contribution in [2.75, 3.05) is 44.4 Å². The van der Waals surface area contributed by atoms with Gasteiger partial charge < -0.3 is 24.6 Å². The Balaban J connectivity index is 1.24. The molecule has 2 aromatic rings. The molecule has 4 amide bonds. The van der Waals surface area contributed by atoms with E-state index in [1.54, 1.807) is 48.2 Å². The molecule has 3 aliphatic rings. The Bertz CT molecular complexity index is 1130. The highest BCUT2D eigenvalue weighted by Crippen LogP contribution is 2.37. The molecule has 0 spiro atoms. The Kier molecular flexibility index (Phi) is 5.07. The summed E-state index contributed by atoms with van der Waals surface area (Å²) < 4.78 is 24.7. The molecule has 0 aliphatic carbocycles. The summed E-state index contributed by atoms with van der Waals surface area (Å²) >= 11 is 0. The molecule has 3 heterocycles. The molecule has 5 rings (SSSR count). The van der Waals surface area contributed by atoms with Gasteiger partial charge in [0.2, 0.25) is 12.7 Å². The summed E-state index contributed by atoms with van der Waals surface area (Å²) in [6.07, 6.45) is 0. The van der Waals surface area contributed by atoms with Crippen LogP contribution in [0, 0.1) is 5.82 Å². The largest absolute Gasteiger partial charge is 0.454 e. The molecule has 0 bridgehead atoms. The second-order valence-corrected chi connectivity index (χ2v) is 8.33. The highest BCUT2D eigenvalue weighted by molar-refractivity contribution is 6.09. The zero-order valence-corrected chi connectivity index (χ0v) is 18.0. The number of hydrogen-bond acceptors (Lipinski definition) is 6. The van der Waals surface area contributed by atoms with Crippen LogP contribution < -0.4 is 19.7 Å². The topological polar surface area (TPSA) is 91.4 Å². The van der Waals surface area contributed by atoms with Gasteiger partial charge in [0.1, 0.15) is 17.9 Å². The number of ether oxygens (including phenoxy) is 2. The monoisotopic (exact) mass is 454 g/mol. The molecule has 172 valence electrons. The lowest BCUT2D eigenvalue weighted by Gasteiger charge is -2.36. The van der Waals surface area contributed by atoms with Crippen molar-refractivity contribution in [3.8, 4) is 11.5 Å². The summed E-state index contributed by atoms with van der Waals surface area (Å²) in [7, 11) is 0. The van der Waals surface area contributed by atoms with Crippen LogP contribution in [-0.2, 0) is 15.1 Å². The van der Waals surface area contributed by atoms with E-state index in [2.05, 4.69) is 5.32 Å². The normalized spacial score (nSPS) is 22.1. The van der Waals surface area contributed by atoms with Crippen molar-refractivity contribution < 1.29 is 28.2 Å². The van der Waals surface area contributed by atoms with E-state index in [0.29, 0.717) is 48.9 Å². The number of carbonyl (C=O) groups excluding carboxylic acids is 3. The van der Waals surface area contributed by atoms with Crippen LogP contribution in [0.1, 0.15) is 12.5 Å². The second kappa shape index (κ2) is 7.95. The van der Waals surface area contributed by atoms with Gasteiger partial charge in [0.15, 0.2) is 11.5 Å². The SMILES string of the molecule is CC1(c2ccc3c(c2)OCO3)NC(=O)N(CC(=O)N2CCN(c3ccccc3F)CC2)C1=O. The molecule has 10 heteroatoms. The number of benzene rings is 2. The van der Waals surface area contributed by atoms with E-state index in [-0.39, 0.29) is 25.1 Å². The van der Waals surface area contributed by atoms with Crippen LogP contribution in [0.5, 0.6) is 11.5 Å². The molecule has 1 unspecified atom stereocenters. The van der Waals surface area contributed by atoms with Gasteiger partial charge in [-0.1, -0.05) is 18.2 Å². The predicted molar refractivity (Wildman–Crippen MR) is 115 cm³/mol. The van der Waals surface area contributed by atoms with Crippen molar-refractivity contribution in [3.05, 3.63) is 53.8 Å². The van der Waals surface area contributed by atoms with Crippen molar-refractivity contribution >= 4 is 23.5 Å². The third kappa shape index (κ3) is 3.61. The Morgan fingerprint density at radius 2 is 1.79 bits per heavy atom. The number of imide groups is 1. The van der Waals surface area contributed by atoms with Crippen molar-refractivity contribution in [3.63, 3.8) is 0 Å². The van der Waals surface area contributed by atoms with Gasteiger partial charge in [0.05, 0.1) is 5.69 Å². The third-order valence-electron chi connectivity index (χ3n) is 6.34. The Morgan fingerprint density at radius 1 is 1.06 bits per heavy atom. The minimum Gasteiger partial charge on any atom is -0.454 e. The second-order valence-electron chi connectivity index (χ2n) is 8.33. The number of fused-ring (bicyclic) bond motifs is 1. The van der Waals surface area contributed by atoms with E-state index in [9.17, 15) is 18.8 Å². The number of para-hydroxylation sites is 1. The summed E-state index contributed by atoms with van der Waals surface area (Å²) in [6.45, 7) is 3.00. The Morgan fingerprint density at radius 3 is 2.55 bits per heavy atom. The van der Waals surface area contributed by atoms with Gasteiger partial charge in [0, 0.05) is 26.2 Å². The number of carbonyl (C=O) groups is 3. The molecular formula is C23H23FN4O5. The van der Waals surface area contributed by atoms with E-state index in [1.165, 1.54) is 6.07 Å². The molecule has 33 heavy (non-hydrogen) atoms. The van der Waals surface area contributed by atoms with Crippen LogP contribution in [0.3, 0.4) is 0 Å². The molecule has 1 atom stereocenters. The standard InChI is InChI=1S/C23H23FN4O5/c1-23(15-6-7-18-19(12-15)33-14-32-18)21(30)28(22(31)25-23)13-20(29)27-10-8-26(9-11-27)17-5-3-2-4-16(17)24/h2-7,12H,8-11,13-14H2,1H3,(H,25,31). The van der Waals surface area contributed by atoms with Gasteiger partial charge in [-0.3, -0.25) is 14.5 Å². The van der Waals surface area contributed by atoms with Gasteiger partial charge in [-0.05, 0) is 36.8 Å². The summed E-state index contributed by atoms with van der Waals surface area (Å²) in [5.74, 6) is -0.0792. The molecule has 0 saturated carbocycles. The number of nitrogens with zero attached hydrogens (tertiary/aromatic N) is 3. The highest BCUT2D eigenvalue weighted by atomic mass is 19.1. The number of halogens is 1.